The highest BCUT2D eigenvalue weighted by Gasteiger charge is 2.70. The van der Waals surface area contributed by atoms with Gasteiger partial charge in [0.15, 0.2) is 0 Å². The minimum absolute atomic E-state index is 0.552. The minimum atomic E-state index is -5.75. The number of alkyl halides is 9. The van der Waals surface area contributed by atoms with Gasteiger partial charge in [-0.1, -0.05) is 6.92 Å². The lowest BCUT2D eigenvalue weighted by molar-refractivity contribution is -0.342. The molecule has 0 heterocycles. The van der Waals surface area contributed by atoms with Gasteiger partial charge in [-0.25, -0.2) is 0 Å². The Balaban J connectivity index is 4.72. The number of rotatable bonds is 6. The van der Waals surface area contributed by atoms with Crippen LogP contribution < -0.4 is 0 Å². The molecule has 1 nitrogen and oxygen atoms in total. The van der Waals surface area contributed by atoms with Crippen LogP contribution in [0.3, 0.4) is 0 Å². The summed E-state index contributed by atoms with van der Waals surface area (Å²) in [5, 5.41) is 0. The highest BCUT2D eigenvalue weighted by molar-refractivity contribution is 4.95. The van der Waals surface area contributed by atoms with Crippen molar-refractivity contribution in [2.75, 3.05) is 6.61 Å². The van der Waals surface area contributed by atoms with Gasteiger partial charge in [-0.15, -0.1) is 13.2 Å². The lowest BCUT2D eigenvalue weighted by Gasteiger charge is -2.32. The molecule has 0 aliphatic carbocycles. The molecule has 0 radical (unpaired) electrons. The Hall–Kier alpha value is -0.670. The zero-order chi connectivity index (χ0) is 14.8. The van der Waals surface area contributed by atoms with Crippen molar-refractivity contribution in [2.24, 2.45) is 0 Å². The lowest BCUT2D eigenvalue weighted by Crippen LogP contribution is -2.54. The van der Waals surface area contributed by atoms with Crippen LogP contribution in [0.5, 0.6) is 0 Å². The summed E-state index contributed by atoms with van der Waals surface area (Å²) in [7, 11) is 0. The molecule has 0 rings (SSSR count). The predicted octanol–water partition coefficient (Wildman–Crippen LogP) is 4.23. The molecule has 0 aromatic heterocycles. The van der Waals surface area contributed by atoms with Crippen molar-refractivity contribution in [1.82, 2.24) is 0 Å². The zero-order valence-electron chi connectivity index (χ0n) is 8.93. The van der Waals surface area contributed by atoms with Crippen molar-refractivity contribution in [1.29, 1.82) is 0 Å². The fourth-order valence-electron chi connectivity index (χ4n) is 0.942. The van der Waals surface area contributed by atoms with Crippen LogP contribution in [-0.2, 0) is 4.74 Å². The van der Waals surface area contributed by atoms with Gasteiger partial charge >= 0.3 is 24.1 Å². The second-order valence-electron chi connectivity index (χ2n) is 3.38. The number of ether oxygens (including phenoxy) is 1. The van der Waals surface area contributed by atoms with E-state index < -0.39 is 43.6 Å². The van der Waals surface area contributed by atoms with Crippen molar-refractivity contribution in [3.63, 3.8) is 0 Å². The summed E-state index contributed by atoms with van der Waals surface area (Å²) in [5.41, 5.74) is 0. The highest BCUT2D eigenvalue weighted by atomic mass is 19.4. The van der Waals surface area contributed by atoms with E-state index in [0.29, 0.717) is 6.92 Å². The average Bonchev–Trinajstić information content (AvgIpc) is 2.14. The molecule has 0 atom stereocenters. The second-order valence-corrected chi connectivity index (χ2v) is 3.38. The normalized spacial score (nSPS) is 15.0. The summed E-state index contributed by atoms with van der Waals surface area (Å²) in [6.45, 7) is -1.29. The van der Waals surface area contributed by atoms with Crippen LogP contribution in [0, 0.1) is 0 Å². The molecule has 0 saturated carbocycles. The van der Waals surface area contributed by atoms with Gasteiger partial charge in [0.1, 0.15) is 0 Å². The van der Waals surface area contributed by atoms with Gasteiger partial charge in [0.05, 0.1) is 6.61 Å². The van der Waals surface area contributed by atoms with E-state index in [1.165, 1.54) is 0 Å². The van der Waals surface area contributed by atoms with Crippen LogP contribution >= 0.6 is 0 Å². The molecule has 0 saturated heterocycles. The highest BCUT2D eigenvalue weighted by Crippen LogP contribution is 2.48. The Kier molecular flexibility index (Phi) is 4.95. The van der Waals surface area contributed by atoms with Gasteiger partial charge in [0.2, 0.25) is 0 Å². The Morgan fingerprint density at radius 1 is 0.778 bits per heavy atom. The van der Waals surface area contributed by atoms with Crippen molar-refractivity contribution in [3.05, 3.63) is 0 Å². The van der Waals surface area contributed by atoms with Gasteiger partial charge in [-0.2, -0.15) is 26.3 Å². The van der Waals surface area contributed by atoms with Gasteiger partial charge in [-0.3, -0.25) is 4.74 Å². The van der Waals surface area contributed by atoms with E-state index in [0.717, 1.165) is 0 Å². The SMILES string of the molecule is CCC(F)(F)C(F)(F)C(F)(F)CCOC(F)(F)F. The summed E-state index contributed by atoms with van der Waals surface area (Å²) in [6.07, 6.45) is -9.04. The fraction of sp³-hybridized carbons (Fsp3) is 1.00. The van der Waals surface area contributed by atoms with Crippen molar-refractivity contribution >= 4 is 0 Å². The van der Waals surface area contributed by atoms with Gasteiger partial charge in [-0.05, 0) is 0 Å². The number of halogens is 9. The summed E-state index contributed by atoms with van der Waals surface area (Å²) < 4.78 is 113. The van der Waals surface area contributed by atoms with Crippen LogP contribution in [-0.4, -0.2) is 30.7 Å². The minimum Gasteiger partial charge on any atom is -0.292 e. The molecule has 0 bridgehead atoms. The maximum absolute atomic E-state index is 12.8. The second kappa shape index (κ2) is 5.14. The molecule has 0 aliphatic rings. The van der Waals surface area contributed by atoms with Crippen LogP contribution in [0.2, 0.25) is 0 Å². The standard InChI is InChI=1S/C8H9F9O/c1-2-5(9,10)7(13,14)6(11,12)3-4-18-8(15,16)17/h2-4H2,1H3. The molecule has 10 heteroatoms. The van der Waals surface area contributed by atoms with Crippen molar-refractivity contribution in [3.8, 4) is 0 Å². The Bertz CT molecular complexity index is 270. The van der Waals surface area contributed by atoms with E-state index in [1.807, 2.05) is 0 Å². The molecule has 0 N–H and O–H groups in total. The smallest absolute Gasteiger partial charge is 0.292 e. The largest absolute Gasteiger partial charge is 0.522 e. The van der Waals surface area contributed by atoms with Crippen LogP contribution in [0.1, 0.15) is 19.8 Å². The van der Waals surface area contributed by atoms with Crippen LogP contribution in [0.15, 0.2) is 0 Å². The fourth-order valence-corrected chi connectivity index (χ4v) is 0.942. The molecule has 0 aromatic carbocycles. The summed E-state index contributed by atoms with van der Waals surface area (Å²) in [4.78, 5) is 0. The molecular formula is C8H9F9O. The molecule has 110 valence electrons. The van der Waals surface area contributed by atoms with E-state index in [2.05, 4.69) is 4.74 Å². The summed E-state index contributed by atoms with van der Waals surface area (Å²) in [6, 6.07) is 0. The van der Waals surface area contributed by atoms with Crippen molar-refractivity contribution < 1.29 is 44.3 Å². The average molecular weight is 292 g/mol. The van der Waals surface area contributed by atoms with Crippen LogP contribution in [0.4, 0.5) is 39.5 Å². The van der Waals surface area contributed by atoms with E-state index in [4.69, 9.17) is 0 Å². The molecule has 18 heavy (non-hydrogen) atoms. The third-order valence-corrected chi connectivity index (χ3v) is 2.04. The first-order chi connectivity index (χ1) is 7.77. The molecule has 0 fully saturated rings. The monoisotopic (exact) mass is 292 g/mol. The first-order valence-corrected chi connectivity index (χ1v) is 4.61. The molecule has 0 amide bonds. The Morgan fingerprint density at radius 3 is 1.56 bits per heavy atom. The molecule has 0 unspecified atom stereocenters. The first-order valence-electron chi connectivity index (χ1n) is 4.61. The zero-order valence-corrected chi connectivity index (χ0v) is 8.93. The number of hydrogen-bond acceptors (Lipinski definition) is 1. The Morgan fingerprint density at radius 2 is 1.22 bits per heavy atom. The van der Waals surface area contributed by atoms with Crippen molar-refractivity contribution in [2.45, 2.75) is 43.9 Å². The quantitative estimate of drug-likeness (QED) is 0.666. The van der Waals surface area contributed by atoms with E-state index in [-0.39, 0.29) is 0 Å². The maximum Gasteiger partial charge on any atom is 0.522 e. The molecule has 0 spiro atoms. The molecule has 0 aromatic rings. The van der Waals surface area contributed by atoms with E-state index >= 15 is 0 Å². The van der Waals surface area contributed by atoms with Crippen LogP contribution in [0.25, 0.3) is 0 Å². The Labute approximate surface area is 95.9 Å². The first kappa shape index (κ1) is 17.3. The van der Waals surface area contributed by atoms with Gasteiger partial charge < -0.3 is 0 Å². The third kappa shape index (κ3) is 3.92. The topological polar surface area (TPSA) is 9.23 Å². The van der Waals surface area contributed by atoms with E-state index in [1.54, 1.807) is 0 Å². The predicted molar refractivity (Wildman–Crippen MR) is 41.8 cm³/mol. The van der Waals surface area contributed by atoms with E-state index in [9.17, 15) is 39.5 Å². The van der Waals surface area contributed by atoms with Gasteiger partial charge in [0, 0.05) is 12.8 Å². The summed E-state index contributed by atoms with van der Waals surface area (Å²) in [5.74, 6) is -16.1. The molecule has 0 aliphatic heterocycles. The molecular weight excluding hydrogens is 283 g/mol. The number of hydrogen-bond donors (Lipinski definition) is 0. The van der Waals surface area contributed by atoms with Gasteiger partial charge in [0.25, 0.3) is 0 Å². The summed E-state index contributed by atoms with van der Waals surface area (Å²) >= 11 is 0. The third-order valence-electron chi connectivity index (χ3n) is 2.04. The maximum atomic E-state index is 12.8. The lowest BCUT2D eigenvalue weighted by atomic mass is 10.0.